The number of thiophene rings is 1. The Morgan fingerprint density at radius 1 is 1.30 bits per heavy atom. The van der Waals surface area contributed by atoms with E-state index in [4.69, 9.17) is 4.74 Å². The largest absolute Gasteiger partial charge is 0.457 e. The third kappa shape index (κ3) is 3.58. The van der Waals surface area contributed by atoms with Crippen LogP contribution >= 0.6 is 23.1 Å². The number of nitrogens with zero attached hydrogens (tertiary/aromatic N) is 1. The van der Waals surface area contributed by atoms with Crippen LogP contribution in [0.15, 0.2) is 41.3 Å². The average molecular weight is 309 g/mol. The fraction of sp³-hybridized carbons (Fsp3) is 0.154. The van der Waals surface area contributed by atoms with Crippen molar-refractivity contribution in [2.24, 2.45) is 0 Å². The van der Waals surface area contributed by atoms with E-state index in [0.29, 0.717) is 0 Å². The first-order chi connectivity index (χ1) is 9.60. The molecule has 0 atom stereocenters. The number of hydrogen-bond donors (Lipinski definition) is 0. The van der Waals surface area contributed by atoms with Gasteiger partial charge in [0.1, 0.15) is 11.5 Å². The molecule has 5 nitrogen and oxygen atoms in total. The van der Waals surface area contributed by atoms with Gasteiger partial charge in [0.25, 0.3) is 0 Å². The summed E-state index contributed by atoms with van der Waals surface area (Å²) in [5.74, 6) is -0.544. The van der Waals surface area contributed by atoms with Crippen LogP contribution in [0.25, 0.3) is 0 Å². The van der Waals surface area contributed by atoms with E-state index in [-0.39, 0.29) is 16.5 Å². The second kappa shape index (κ2) is 6.53. The van der Waals surface area contributed by atoms with Crippen LogP contribution in [0.1, 0.15) is 15.2 Å². The maximum atomic E-state index is 11.7. The van der Waals surface area contributed by atoms with E-state index in [1.165, 1.54) is 12.1 Å². The normalized spacial score (nSPS) is 10.2. The summed E-state index contributed by atoms with van der Waals surface area (Å²) in [4.78, 5) is 23.1. The highest BCUT2D eigenvalue weighted by atomic mass is 32.2. The number of carbonyl (C=O) groups excluding carboxylic acids is 1. The van der Waals surface area contributed by atoms with Crippen LogP contribution in [0.4, 0.5) is 5.00 Å². The first-order valence-corrected chi connectivity index (χ1v) is 7.68. The predicted octanol–water partition coefficient (Wildman–Crippen LogP) is 3.74. The fourth-order valence-corrected chi connectivity index (χ4v) is 2.60. The van der Waals surface area contributed by atoms with Crippen molar-refractivity contribution in [2.75, 3.05) is 6.26 Å². The topological polar surface area (TPSA) is 69.4 Å². The molecule has 2 rings (SSSR count). The first-order valence-electron chi connectivity index (χ1n) is 5.64. The minimum atomic E-state index is -0.544. The van der Waals surface area contributed by atoms with Gasteiger partial charge in [0.15, 0.2) is 0 Å². The Hall–Kier alpha value is -1.86. The van der Waals surface area contributed by atoms with E-state index in [2.05, 4.69) is 0 Å². The number of esters is 1. The number of rotatable bonds is 5. The fourth-order valence-electron chi connectivity index (χ4n) is 1.48. The number of nitro groups is 1. The molecule has 20 heavy (non-hydrogen) atoms. The summed E-state index contributed by atoms with van der Waals surface area (Å²) in [6, 6.07) is 10.4. The SMILES string of the molecule is CSc1ccc(COC(=O)c2ccc([N+](=O)[O-])s2)cc1. The molecule has 1 aromatic carbocycles. The number of benzene rings is 1. The van der Waals surface area contributed by atoms with Crippen molar-refractivity contribution in [2.45, 2.75) is 11.5 Å². The van der Waals surface area contributed by atoms with E-state index in [1.807, 2.05) is 30.5 Å². The molecular weight excluding hydrogens is 298 g/mol. The van der Waals surface area contributed by atoms with Gasteiger partial charge in [-0.15, -0.1) is 11.8 Å². The molecule has 0 aliphatic carbocycles. The first kappa shape index (κ1) is 14.5. The van der Waals surface area contributed by atoms with E-state index in [1.54, 1.807) is 11.8 Å². The van der Waals surface area contributed by atoms with Gasteiger partial charge in [0, 0.05) is 11.0 Å². The monoisotopic (exact) mass is 309 g/mol. The number of ether oxygens (including phenoxy) is 1. The molecule has 0 bridgehead atoms. The molecule has 0 saturated carbocycles. The highest BCUT2D eigenvalue weighted by Gasteiger charge is 2.16. The lowest BCUT2D eigenvalue weighted by Crippen LogP contribution is -2.02. The van der Waals surface area contributed by atoms with Crippen LogP contribution in [-0.4, -0.2) is 17.1 Å². The van der Waals surface area contributed by atoms with E-state index in [0.717, 1.165) is 21.8 Å². The molecule has 0 spiro atoms. The van der Waals surface area contributed by atoms with Crippen molar-refractivity contribution in [1.29, 1.82) is 0 Å². The highest BCUT2D eigenvalue weighted by molar-refractivity contribution is 7.98. The number of hydrogen-bond acceptors (Lipinski definition) is 6. The summed E-state index contributed by atoms with van der Waals surface area (Å²) >= 11 is 2.45. The zero-order valence-corrected chi connectivity index (χ0v) is 12.2. The minimum absolute atomic E-state index is 0.0683. The molecule has 0 aliphatic rings. The van der Waals surface area contributed by atoms with Gasteiger partial charge < -0.3 is 4.74 Å². The zero-order valence-electron chi connectivity index (χ0n) is 10.6. The Morgan fingerprint density at radius 2 is 2.00 bits per heavy atom. The molecule has 1 aromatic heterocycles. The third-order valence-electron chi connectivity index (χ3n) is 2.50. The van der Waals surface area contributed by atoms with E-state index < -0.39 is 10.9 Å². The molecule has 0 saturated heterocycles. The van der Waals surface area contributed by atoms with Gasteiger partial charge in [0.05, 0.1) is 4.92 Å². The van der Waals surface area contributed by atoms with Crippen LogP contribution in [0, 0.1) is 10.1 Å². The molecule has 0 fully saturated rings. The Labute approximate surface area is 123 Å². The van der Waals surface area contributed by atoms with Gasteiger partial charge in [-0.25, -0.2) is 4.79 Å². The predicted molar refractivity (Wildman–Crippen MR) is 78.3 cm³/mol. The molecule has 0 N–H and O–H groups in total. The van der Waals surface area contributed by atoms with Crippen LogP contribution in [0.2, 0.25) is 0 Å². The van der Waals surface area contributed by atoms with Crippen molar-refractivity contribution in [3.63, 3.8) is 0 Å². The molecule has 2 aromatic rings. The Bertz CT molecular complexity index is 622. The quantitative estimate of drug-likeness (QED) is 0.364. The lowest BCUT2D eigenvalue weighted by molar-refractivity contribution is -0.380. The molecule has 104 valence electrons. The smallest absolute Gasteiger partial charge is 0.348 e. The van der Waals surface area contributed by atoms with Gasteiger partial charge >= 0.3 is 11.0 Å². The Morgan fingerprint density at radius 3 is 2.55 bits per heavy atom. The summed E-state index contributed by atoms with van der Waals surface area (Å²) < 4.78 is 5.12. The van der Waals surface area contributed by atoms with Crippen LogP contribution in [-0.2, 0) is 11.3 Å². The van der Waals surface area contributed by atoms with Crippen molar-refractivity contribution in [3.8, 4) is 0 Å². The Balaban J connectivity index is 1.95. The Kier molecular flexibility index (Phi) is 4.75. The summed E-state index contributed by atoms with van der Waals surface area (Å²) in [5.41, 5.74) is 0.877. The van der Waals surface area contributed by atoms with Crippen LogP contribution < -0.4 is 0 Å². The van der Waals surface area contributed by atoms with E-state index >= 15 is 0 Å². The van der Waals surface area contributed by atoms with Gasteiger partial charge in [-0.2, -0.15) is 0 Å². The third-order valence-corrected chi connectivity index (χ3v) is 4.26. The molecule has 1 heterocycles. The standard InChI is InChI=1S/C13H11NO4S2/c1-19-10-4-2-9(3-5-10)8-18-13(15)11-6-7-12(20-11)14(16)17/h2-7H,8H2,1H3. The maximum Gasteiger partial charge on any atom is 0.348 e. The van der Waals surface area contributed by atoms with Crippen molar-refractivity contribution >= 4 is 34.1 Å². The summed E-state index contributed by atoms with van der Waals surface area (Å²) in [5, 5.41) is 10.5. The lowest BCUT2D eigenvalue weighted by atomic mass is 10.2. The second-order valence-corrected chi connectivity index (χ2v) is 5.76. The molecular formula is C13H11NO4S2. The van der Waals surface area contributed by atoms with Crippen LogP contribution in [0.3, 0.4) is 0 Å². The van der Waals surface area contributed by atoms with Crippen molar-refractivity contribution in [1.82, 2.24) is 0 Å². The summed E-state index contributed by atoms with van der Waals surface area (Å²) in [7, 11) is 0. The summed E-state index contributed by atoms with van der Waals surface area (Å²) in [6.07, 6.45) is 1.98. The average Bonchev–Trinajstić information content (AvgIpc) is 2.95. The van der Waals surface area contributed by atoms with Crippen molar-refractivity contribution < 1.29 is 14.5 Å². The molecule has 0 amide bonds. The number of thioether (sulfide) groups is 1. The van der Waals surface area contributed by atoms with Gasteiger partial charge in [0.2, 0.25) is 0 Å². The maximum absolute atomic E-state index is 11.7. The lowest BCUT2D eigenvalue weighted by Gasteiger charge is -2.04. The van der Waals surface area contributed by atoms with Crippen LogP contribution in [0.5, 0.6) is 0 Å². The molecule has 0 aliphatic heterocycles. The summed E-state index contributed by atoms with van der Waals surface area (Å²) in [6.45, 7) is 0.152. The molecule has 7 heteroatoms. The van der Waals surface area contributed by atoms with E-state index in [9.17, 15) is 14.9 Å². The second-order valence-electron chi connectivity index (χ2n) is 3.82. The van der Waals surface area contributed by atoms with Gasteiger partial charge in [-0.05, 0) is 30.0 Å². The number of carbonyl (C=O) groups is 1. The molecule has 0 unspecified atom stereocenters. The minimum Gasteiger partial charge on any atom is -0.457 e. The van der Waals surface area contributed by atoms with Gasteiger partial charge in [-0.3, -0.25) is 10.1 Å². The highest BCUT2D eigenvalue weighted by Crippen LogP contribution is 2.24. The molecule has 0 radical (unpaired) electrons. The zero-order chi connectivity index (χ0) is 14.5. The van der Waals surface area contributed by atoms with Gasteiger partial charge in [-0.1, -0.05) is 23.5 Å². The van der Waals surface area contributed by atoms with Crippen molar-refractivity contribution in [3.05, 3.63) is 57.0 Å².